The van der Waals surface area contributed by atoms with Gasteiger partial charge in [-0.3, -0.25) is 4.79 Å². The van der Waals surface area contributed by atoms with Crippen LogP contribution in [-0.2, 0) is 4.79 Å². The molecule has 1 aromatic rings. The number of amides is 3. The van der Waals surface area contributed by atoms with Gasteiger partial charge < -0.3 is 25.1 Å². The molecule has 2 aliphatic heterocycles. The monoisotopic (exact) mass is 374 g/mol. The zero-order chi connectivity index (χ0) is 19.8. The molecule has 7 nitrogen and oxygen atoms in total. The lowest BCUT2D eigenvalue weighted by Crippen LogP contribution is -2.87. The van der Waals surface area contributed by atoms with Crippen molar-refractivity contribution >= 4 is 11.9 Å². The summed E-state index contributed by atoms with van der Waals surface area (Å²) in [5, 5.41) is 13.0. The highest BCUT2D eigenvalue weighted by atomic mass is 16.3. The highest BCUT2D eigenvalue weighted by Crippen LogP contribution is 2.53. The number of hydrogen-bond acceptors (Lipinski definition) is 4. The summed E-state index contributed by atoms with van der Waals surface area (Å²) < 4.78 is 0. The highest BCUT2D eigenvalue weighted by molar-refractivity contribution is 5.82. The normalized spacial score (nSPS) is 23.4. The molecule has 2 aliphatic rings. The third kappa shape index (κ3) is 3.41. The fourth-order valence-electron chi connectivity index (χ4n) is 4.46. The van der Waals surface area contributed by atoms with E-state index < -0.39 is 5.54 Å². The smallest absolute Gasteiger partial charge is 0.318 e. The van der Waals surface area contributed by atoms with E-state index in [9.17, 15) is 14.7 Å². The van der Waals surface area contributed by atoms with Crippen LogP contribution in [0.15, 0.2) is 30.3 Å². The maximum Gasteiger partial charge on any atom is 0.318 e. The number of carbonyl (C=O) groups excluding carboxylic acids is 2. The Morgan fingerprint density at radius 2 is 1.89 bits per heavy atom. The van der Waals surface area contributed by atoms with Crippen LogP contribution >= 0.6 is 0 Å². The maximum absolute atomic E-state index is 12.8. The second-order valence-corrected chi connectivity index (χ2v) is 8.20. The van der Waals surface area contributed by atoms with Crippen molar-refractivity contribution in [3.63, 3.8) is 0 Å². The van der Waals surface area contributed by atoms with Gasteiger partial charge in [0.05, 0.1) is 24.7 Å². The van der Waals surface area contributed by atoms with Crippen LogP contribution in [0.2, 0.25) is 0 Å². The molecule has 1 spiro atoms. The maximum atomic E-state index is 12.8. The van der Waals surface area contributed by atoms with Gasteiger partial charge in [0.2, 0.25) is 5.91 Å². The Labute approximate surface area is 160 Å². The summed E-state index contributed by atoms with van der Waals surface area (Å²) in [6.07, 6.45) is 0. The van der Waals surface area contributed by atoms with E-state index in [1.165, 1.54) is 0 Å². The van der Waals surface area contributed by atoms with Crippen molar-refractivity contribution in [1.29, 1.82) is 0 Å². The number of likely N-dealkylation sites (tertiary alicyclic amines) is 2. The lowest BCUT2D eigenvalue weighted by Gasteiger charge is -2.70. The number of rotatable bonds is 5. The first-order chi connectivity index (χ1) is 12.8. The second kappa shape index (κ2) is 7.48. The lowest BCUT2D eigenvalue weighted by atomic mass is 9.61. The van der Waals surface area contributed by atoms with E-state index in [0.29, 0.717) is 19.6 Å². The minimum absolute atomic E-state index is 0.0104. The van der Waals surface area contributed by atoms with Crippen LogP contribution in [0.4, 0.5) is 4.79 Å². The van der Waals surface area contributed by atoms with Gasteiger partial charge in [-0.2, -0.15) is 0 Å². The predicted molar refractivity (Wildman–Crippen MR) is 103 cm³/mol. The van der Waals surface area contributed by atoms with Crippen LogP contribution in [0.25, 0.3) is 0 Å². The zero-order valence-electron chi connectivity index (χ0n) is 16.6. The highest BCUT2D eigenvalue weighted by Gasteiger charge is 2.68. The molecule has 7 heteroatoms. The van der Waals surface area contributed by atoms with Gasteiger partial charge in [-0.05, 0) is 33.5 Å². The van der Waals surface area contributed by atoms with Gasteiger partial charge >= 0.3 is 6.03 Å². The van der Waals surface area contributed by atoms with Crippen molar-refractivity contribution in [2.24, 2.45) is 0 Å². The minimum atomic E-state index is -0.449. The number of hydrogen-bond donors (Lipinski definition) is 2. The number of carbonyl (C=O) groups is 2. The standard InChI is InChI=1S/C20H30N4O3/c1-14(2)21-19(27)24-16(11-25)18(15-8-6-5-7-9-15)20(24)12-23(13-20)17(26)10-22(3)4/h5-9,14,16,18,25H,10-13H2,1-4H3,(H,21,27)/t16-,18+/m1/s1. The van der Waals surface area contributed by atoms with E-state index >= 15 is 0 Å². The topological polar surface area (TPSA) is 76.1 Å². The van der Waals surface area contributed by atoms with E-state index in [1.54, 1.807) is 9.80 Å². The third-order valence-electron chi connectivity index (χ3n) is 5.49. The van der Waals surface area contributed by atoms with Crippen LogP contribution in [0, 0.1) is 0 Å². The van der Waals surface area contributed by atoms with Crippen molar-refractivity contribution in [1.82, 2.24) is 20.0 Å². The van der Waals surface area contributed by atoms with Crippen molar-refractivity contribution in [3.05, 3.63) is 35.9 Å². The molecular weight excluding hydrogens is 344 g/mol. The van der Waals surface area contributed by atoms with Gasteiger partial charge in [-0.1, -0.05) is 30.3 Å². The molecule has 148 valence electrons. The van der Waals surface area contributed by atoms with Gasteiger partial charge in [-0.25, -0.2) is 4.79 Å². The molecule has 3 amide bonds. The molecule has 27 heavy (non-hydrogen) atoms. The molecule has 0 bridgehead atoms. The fourth-order valence-corrected chi connectivity index (χ4v) is 4.46. The fraction of sp³-hybridized carbons (Fsp3) is 0.600. The molecule has 0 saturated carbocycles. The molecule has 2 atom stereocenters. The summed E-state index contributed by atoms with van der Waals surface area (Å²) in [6.45, 7) is 5.09. The molecule has 3 rings (SSSR count). The molecule has 0 aliphatic carbocycles. The SMILES string of the molecule is CC(C)NC(=O)N1[C@H](CO)[C@H](c2ccccc2)C12CN(C(=O)CN(C)C)C2. The van der Waals surface area contributed by atoms with Gasteiger partial charge in [0.15, 0.2) is 0 Å². The number of aliphatic hydroxyl groups is 1. The molecule has 2 fully saturated rings. The van der Waals surface area contributed by atoms with Crippen molar-refractivity contribution < 1.29 is 14.7 Å². The van der Waals surface area contributed by atoms with Crippen LogP contribution in [0.5, 0.6) is 0 Å². The Hall–Kier alpha value is -2.12. The Morgan fingerprint density at radius 1 is 1.26 bits per heavy atom. The second-order valence-electron chi connectivity index (χ2n) is 8.20. The van der Waals surface area contributed by atoms with Crippen LogP contribution < -0.4 is 5.32 Å². The predicted octanol–water partition coefficient (Wildman–Crippen LogP) is 0.707. The molecule has 0 unspecified atom stereocenters. The average molecular weight is 374 g/mol. The summed E-state index contributed by atoms with van der Waals surface area (Å²) >= 11 is 0. The average Bonchev–Trinajstić information content (AvgIpc) is 2.52. The quantitative estimate of drug-likeness (QED) is 0.796. The van der Waals surface area contributed by atoms with Crippen molar-refractivity contribution in [2.75, 3.05) is 40.3 Å². The first-order valence-electron chi connectivity index (χ1n) is 9.48. The molecular formula is C20H30N4O3. The summed E-state index contributed by atoms with van der Waals surface area (Å²) in [4.78, 5) is 30.7. The van der Waals surface area contributed by atoms with Crippen LogP contribution in [0.3, 0.4) is 0 Å². The van der Waals surface area contributed by atoms with E-state index in [1.807, 2.05) is 63.2 Å². The molecule has 2 heterocycles. The van der Waals surface area contributed by atoms with Gasteiger partial charge in [0.25, 0.3) is 0 Å². The molecule has 2 N–H and O–H groups in total. The number of likely N-dealkylation sites (N-methyl/N-ethyl adjacent to an activating group) is 1. The summed E-state index contributed by atoms with van der Waals surface area (Å²) in [5.41, 5.74) is 0.653. The Morgan fingerprint density at radius 3 is 2.41 bits per heavy atom. The molecule has 2 saturated heterocycles. The van der Waals surface area contributed by atoms with Crippen molar-refractivity contribution in [2.45, 2.75) is 37.4 Å². The van der Waals surface area contributed by atoms with Crippen LogP contribution in [-0.4, -0.2) is 89.7 Å². The lowest BCUT2D eigenvalue weighted by molar-refractivity contribution is -0.177. The number of aliphatic hydroxyl groups excluding tert-OH is 1. The van der Waals surface area contributed by atoms with E-state index in [4.69, 9.17) is 0 Å². The van der Waals surface area contributed by atoms with Gasteiger partial charge in [0, 0.05) is 25.0 Å². The van der Waals surface area contributed by atoms with Gasteiger partial charge in [0.1, 0.15) is 0 Å². The largest absolute Gasteiger partial charge is 0.394 e. The summed E-state index contributed by atoms with van der Waals surface area (Å²) in [5.74, 6) is 0.0825. The number of benzene rings is 1. The van der Waals surface area contributed by atoms with E-state index in [0.717, 1.165) is 5.56 Å². The number of nitrogens with zero attached hydrogens (tertiary/aromatic N) is 3. The summed E-state index contributed by atoms with van der Waals surface area (Å²) in [6, 6.07) is 9.54. The Bertz CT molecular complexity index is 686. The minimum Gasteiger partial charge on any atom is -0.394 e. The first-order valence-corrected chi connectivity index (χ1v) is 9.48. The van der Waals surface area contributed by atoms with E-state index in [2.05, 4.69) is 5.32 Å². The first kappa shape index (κ1) is 19.6. The van der Waals surface area contributed by atoms with Crippen LogP contribution in [0.1, 0.15) is 25.3 Å². The molecule has 0 aromatic heterocycles. The summed E-state index contributed by atoms with van der Waals surface area (Å²) in [7, 11) is 3.74. The van der Waals surface area contributed by atoms with E-state index in [-0.39, 0.29) is 36.5 Å². The molecule has 1 aromatic carbocycles. The molecule has 0 radical (unpaired) electrons. The number of urea groups is 1. The van der Waals surface area contributed by atoms with Gasteiger partial charge in [-0.15, -0.1) is 0 Å². The Balaban J connectivity index is 1.86. The number of nitrogens with one attached hydrogen (secondary N) is 1. The van der Waals surface area contributed by atoms with Crippen molar-refractivity contribution in [3.8, 4) is 0 Å². The Kier molecular flexibility index (Phi) is 5.44. The third-order valence-corrected chi connectivity index (χ3v) is 5.49. The zero-order valence-corrected chi connectivity index (χ0v) is 16.6.